The summed E-state index contributed by atoms with van der Waals surface area (Å²) in [6.45, 7) is 4.05. The van der Waals surface area contributed by atoms with Crippen molar-refractivity contribution >= 4 is 23.6 Å². The van der Waals surface area contributed by atoms with Crippen LogP contribution in [0.2, 0.25) is 0 Å². The maximum absolute atomic E-state index is 13.4. The topological polar surface area (TPSA) is 68.7 Å². The summed E-state index contributed by atoms with van der Waals surface area (Å²) in [5.74, 6) is 2.17. The number of ether oxygens (including phenoxy) is 1. The van der Waals surface area contributed by atoms with Crippen LogP contribution in [-0.4, -0.2) is 71.5 Å². The van der Waals surface area contributed by atoms with Gasteiger partial charge in [0.15, 0.2) is 12.2 Å². The van der Waals surface area contributed by atoms with Crippen LogP contribution in [0, 0.1) is 0 Å². The number of hydrogen-bond donors (Lipinski definition) is 0. The number of imide groups is 1. The van der Waals surface area contributed by atoms with Gasteiger partial charge in [-0.15, -0.1) is 0 Å². The minimum absolute atomic E-state index is 0.128. The Balaban J connectivity index is 1.30. The van der Waals surface area contributed by atoms with Crippen LogP contribution in [0.5, 0.6) is 11.5 Å². The van der Waals surface area contributed by atoms with E-state index in [-0.39, 0.29) is 11.9 Å². The highest BCUT2D eigenvalue weighted by Crippen LogP contribution is 2.34. The first-order chi connectivity index (χ1) is 16.6. The monoisotopic (exact) mass is 461 g/mol. The molecule has 178 valence electrons. The van der Waals surface area contributed by atoms with E-state index in [9.17, 15) is 9.59 Å². The molecule has 3 aliphatic heterocycles. The SMILES string of the molecule is CCCCCCN1C(=O)C2C(N=C3N(c4ccc(Oc5ccccc5)cc4)CCN32)N(C)C1=O. The van der Waals surface area contributed by atoms with Gasteiger partial charge in [0, 0.05) is 32.4 Å². The number of rotatable bonds is 8. The fraction of sp³-hybridized carbons (Fsp3) is 0.423. The Morgan fingerprint density at radius 3 is 2.41 bits per heavy atom. The predicted octanol–water partition coefficient (Wildman–Crippen LogP) is 4.14. The zero-order valence-electron chi connectivity index (χ0n) is 19.8. The molecular formula is C26H31N5O3. The van der Waals surface area contributed by atoms with Crippen LogP contribution in [0.25, 0.3) is 0 Å². The molecule has 0 aromatic heterocycles. The summed E-state index contributed by atoms with van der Waals surface area (Å²) >= 11 is 0. The van der Waals surface area contributed by atoms with Crippen LogP contribution < -0.4 is 9.64 Å². The van der Waals surface area contributed by atoms with Gasteiger partial charge in [-0.3, -0.25) is 9.69 Å². The number of urea groups is 1. The Bertz CT molecular complexity index is 1070. The molecule has 3 amide bonds. The number of likely N-dealkylation sites (N-methyl/N-ethyl adjacent to an activating group) is 1. The quantitative estimate of drug-likeness (QED) is 0.553. The number of para-hydroxylation sites is 1. The van der Waals surface area contributed by atoms with Gasteiger partial charge < -0.3 is 19.4 Å². The van der Waals surface area contributed by atoms with Crippen LogP contribution in [0.1, 0.15) is 32.6 Å². The van der Waals surface area contributed by atoms with E-state index in [0.29, 0.717) is 13.1 Å². The van der Waals surface area contributed by atoms with Gasteiger partial charge in [-0.25, -0.2) is 9.79 Å². The standard InChI is InChI=1S/C26H31N5O3/c1-3-4-5-9-16-31-24(32)22-23(28(2)26(31)33)27-25-29(17-18-30(22)25)19-12-14-21(15-13-19)34-20-10-7-6-8-11-20/h6-8,10-15,22-23H,3-5,9,16-18H2,1-2H3. The number of anilines is 1. The number of guanidine groups is 1. The third-order valence-electron chi connectivity index (χ3n) is 6.74. The molecule has 34 heavy (non-hydrogen) atoms. The van der Waals surface area contributed by atoms with Gasteiger partial charge in [-0.1, -0.05) is 44.4 Å². The molecule has 0 saturated carbocycles. The summed E-state index contributed by atoms with van der Waals surface area (Å²) in [4.78, 5) is 38.3. The summed E-state index contributed by atoms with van der Waals surface area (Å²) in [6.07, 6.45) is 3.61. The van der Waals surface area contributed by atoms with Crippen molar-refractivity contribution < 1.29 is 14.3 Å². The molecule has 5 rings (SSSR count). The van der Waals surface area contributed by atoms with Crippen LogP contribution in [0.15, 0.2) is 59.6 Å². The molecule has 8 heteroatoms. The Hall–Kier alpha value is -3.55. The first-order valence-electron chi connectivity index (χ1n) is 12.1. The second-order valence-corrected chi connectivity index (χ2v) is 8.99. The summed E-state index contributed by atoms with van der Waals surface area (Å²) in [6, 6.07) is 16.9. The Morgan fingerprint density at radius 1 is 0.941 bits per heavy atom. The van der Waals surface area contributed by atoms with Gasteiger partial charge in [-0.2, -0.15) is 0 Å². The van der Waals surface area contributed by atoms with E-state index in [1.54, 1.807) is 11.9 Å². The largest absolute Gasteiger partial charge is 0.457 e. The average Bonchev–Trinajstić information content (AvgIpc) is 3.43. The van der Waals surface area contributed by atoms with E-state index in [4.69, 9.17) is 9.73 Å². The van der Waals surface area contributed by atoms with Crippen LogP contribution in [0.3, 0.4) is 0 Å². The van der Waals surface area contributed by atoms with E-state index in [2.05, 4.69) is 16.7 Å². The summed E-state index contributed by atoms with van der Waals surface area (Å²) in [5.41, 5.74) is 0.984. The number of carbonyl (C=O) groups excluding carboxylic acids is 2. The highest BCUT2D eigenvalue weighted by Gasteiger charge is 2.54. The minimum Gasteiger partial charge on any atom is -0.457 e. The fourth-order valence-corrected chi connectivity index (χ4v) is 4.90. The number of hydrogen-bond acceptors (Lipinski definition) is 6. The molecule has 3 heterocycles. The van der Waals surface area contributed by atoms with Crippen molar-refractivity contribution in [3.8, 4) is 11.5 Å². The van der Waals surface area contributed by atoms with E-state index in [1.165, 1.54) is 4.90 Å². The molecule has 0 spiro atoms. The van der Waals surface area contributed by atoms with Gasteiger partial charge in [0.05, 0.1) is 0 Å². The summed E-state index contributed by atoms with van der Waals surface area (Å²) < 4.78 is 5.91. The second-order valence-electron chi connectivity index (χ2n) is 8.99. The van der Waals surface area contributed by atoms with Crippen LogP contribution in [-0.2, 0) is 4.79 Å². The third kappa shape index (κ3) is 3.97. The maximum atomic E-state index is 13.4. The highest BCUT2D eigenvalue weighted by atomic mass is 16.5. The lowest BCUT2D eigenvalue weighted by Gasteiger charge is -2.40. The van der Waals surface area contributed by atoms with Crippen LogP contribution in [0.4, 0.5) is 10.5 Å². The number of amides is 3. The number of aliphatic imine (C=N–C) groups is 1. The normalized spacial score (nSPS) is 21.6. The zero-order chi connectivity index (χ0) is 23.7. The predicted molar refractivity (Wildman–Crippen MR) is 131 cm³/mol. The molecule has 2 unspecified atom stereocenters. The van der Waals surface area contributed by atoms with Crippen molar-refractivity contribution in [2.24, 2.45) is 4.99 Å². The van der Waals surface area contributed by atoms with Crippen molar-refractivity contribution in [3.63, 3.8) is 0 Å². The number of fused-ring (bicyclic) bond motifs is 3. The van der Waals surface area contributed by atoms with Gasteiger partial charge in [-0.05, 0) is 42.8 Å². The zero-order valence-corrected chi connectivity index (χ0v) is 19.8. The van der Waals surface area contributed by atoms with Crippen molar-refractivity contribution in [1.29, 1.82) is 0 Å². The molecule has 2 saturated heterocycles. The van der Waals surface area contributed by atoms with Gasteiger partial charge in [0.2, 0.25) is 5.96 Å². The smallest absolute Gasteiger partial charge is 0.328 e. The average molecular weight is 462 g/mol. The van der Waals surface area contributed by atoms with E-state index in [1.807, 2.05) is 54.6 Å². The Labute approximate surface area is 200 Å². The Morgan fingerprint density at radius 2 is 1.68 bits per heavy atom. The lowest BCUT2D eigenvalue weighted by Crippen LogP contribution is -2.64. The van der Waals surface area contributed by atoms with Crippen molar-refractivity contribution in [2.75, 3.05) is 31.6 Å². The number of benzene rings is 2. The van der Waals surface area contributed by atoms with E-state index in [0.717, 1.165) is 55.4 Å². The van der Waals surface area contributed by atoms with Crippen molar-refractivity contribution in [3.05, 3.63) is 54.6 Å². The molecule has 2 aromatic carbocycles. The molecule has 2 atom stereocenters. The first-order valence-corrected chi connectivity index (χ1v) is 12.1. The molecule has 8 nitrogen and oxygen atoms in total. The summed E-state index contributed by atoms with van der Waals surface area (Å²) in [7, 11) is 1.75. The first kappa shape index (κ1) is 22.3. The Kier molecular flexibility index (Phi) is 6.13. The lowest BCUT2D eigenvalue weighted by atomic mass is 10.1. The van der Waals surface area contributed by atoms with Crippen LogP contribution >= 0.6 is 0 Å². The van der Waals surface area contributed by atoms with E-state index >= 15 is 0 Å². The molecular weight excluding hydrogens is 430 g/mol. The molecule has 0 N–H and O–H groups in total. The second kappa shape index (κ2) is 9.37. The lowest BCUT2D eigenvalue weighted by molar-refractivity contribution is -0.137. The number of carbonyl (C=O) groups is 2. The highest BCUT2D eigenvalue weighted by molar-refractivity contribution is 6.08. The van der Waals surface area contributed by atoms with Crippen molar-refractivity contribution in [1.82, 2.24) is 14.7 Å². The molecule has 3 aliphatic rings. The molecule has 2 aromatic rings. The maximum Gasteiger partial charge on any atom is 0.328 e. The fourth-order valence-electron chi connectivity index (χ4n) is 4.90. The van der Waals surface area contributed by atoms with Gasteiger partial charge in [0.1, 0.15) is 11.5 Å². The molecule has 0 radical (unpaired) electrons. The third-order valence-corrected chi connectivity index (χ3v) is 6.74. The molecule has 0 aliphatic carbocycles. The number of nitrogens with zero attached hydrogens (tertiary/aromatic N) is 5. The van der Waals surface area contributed by atoms with Gasteiger partial charge >= 0.3 is 6.03 Å². The molecule has 2 fully saturated rings. The van der Waals surface area contributed by atoms with Gasteiger partial charge in [0.25, 0.3) is 5.91 Å². The molecule has 0 bridgehead atoms. The van der Waals surface area contributed by atoms with Crippen molar-refractivity contribution in [2.45, 2.75) is 44.8 Å². The van der Waals surface area contributed by atoms with E-state index < -0.39 is 12.2 Å². The minimum atomic E-state index is -0.481. The summed E-state index contributed by atoms with van der Waals surface area (Å²) in [5, 5.41) is 0. The number of unbranched alkanes of at least 4 members (excludes halogenated alkanes) is 3.